The first kappa shape index (κ1) is 29.5. The third-order valence-electron chi connectivity index (χ3n) is 9.61. The molecule has 0 radical (unpaired) electrons. The minimum absolute atomic E-state index is 0.0110. The Labute approximate surface area is 282 Å². The highest BCUT2D eigenvalue weighted by atomic mass is 16.3. The maximum atomic E-state index is 6.35. The summed E-state index contributed by atoms with van der Waals surface area (Å²) in [4.78, 5) is 2.31. The molecule has 8 rings (SSSR count). The van der Waals surface area contributed by atoms with Gasteiger partial charge in [-0.05, 0) is 87.7 Å². The van der Waals surface area contributed by atoms with E-state index in [1.807, 2.05) is 12.1 Å². The van der Waals surface area contributed by atoms with Crippen molar-refractivity contribution in [2.24, 2.45) is 0 Å². The van der Waals surface area contributed by atoms with Crippen molar-refractivity contribution in [3.05, 3.63) is 187 Å². The van der Waals surface area contributed by atoms with Crippen LogP contribution < -0.4 is 4.90 Å². The number of hydrogen-bond acceptors (Lipinski definition) is 2. The van der Waals surface area contributed by atoms with Crippen molar-refractivity contribution < 1.29 is 4.42 Å². The van der Waals surface area contributed by atoms with E-state index >= 15 is 0 Å². The van der Waals surface area contributed by atoms with Crippen molar-refractivity contribution in [1.29, 1.82) is 0 Å². The van der Waals surface area contributed by atoms with E-state index in [1.165, 1.54) is 22.3 Å². The number of rotatable bonds is 5. The van der Waals surface area contributed by atoms with Gasteiger partial charge in [0.15, 0.2) is 0 Å². The highest BCUT2D eigenvalue weighted by Gasteiger charge is 2.24. The molecule has 7 aromatic rings. The van der Waals surface area contributed by atoms with Crippen LogP contribution in [0.2, 0.25) is 0 Å². The molecule has 48 heavy (non-hydrogen) atoms. The minimum atomic E-state index is -0.0110. The average molecular weight is 620 g/mol. The van der Waals surface area contributed by atoms with Crippen molar-refractivity contribution in [1.82, 2.24) is 0 Å². The quantitative estimate of drug-likeness (QED) is 0.191. The van der Waals surface area contributed by atoms with Gasteiger partial charge in [-0.25, -0.2) is 0 Å². The molecule has 1 aliphatic carbocycles. The van der Waals surface area contributed by atoms with Gasteiger partial charge < -0.3 is 9.32 Å². The lowest BCUT2D eigenvalue weighted by molar-refractivity contribution is 0.533. The fourth-order valence-electron chi connectivity index (χ4n) is 6.98. The summed E-state index contributed by atoms with van der Waals surface area (Å²) in [6, 6.07) is 51.6. The van der Waals surface area contributed by atoms with Crippen LogP contribution in [0.4, 0.5) is 17.1 Å². The van der Waals surface area contributed by atoms with Crippen molar-refractivity contribution in [3.63, 3.8) is 0 Å². The Kier molecular flexibility index (Phi) is 7.42. The van der Waals surface area contributed by atoms with Gasteiger partial charge >= 0.3 is 0 Å². The van der Waals surface area contributed by atoms with E-state index < -0.39 is 0 Å². The molecular weight excluding hydrogens is 583 g/mol. The van der Waals surface area contributed by atoms with Crippen LogP contribution in [0.3, 0.4) is 0 Å². The van der Waals surface area contributed by atoms with Gasteiger partial charge in [0, 0.05) is 33.4 Å². The maximum Gasteiger partial charge on any atom is 0.143 e. The minimum Gasteiger partial charge on any atom is -0.455 e. The molecule has 0 saturated heterocycles. The molecule has 0 saturated carbocycles. The van der Waals surface area contributed by atoms with Gasteiger partial charge in [-0.15, -0.1) is 0 Å². The first-order valence-electron chi connectivity index (χ1n) is 16.6. The number of anilines is 3. The predicted molar refractivity (Wildman–Crippen MR) is 204 cm³/mol. The fraction of sp³-hybridized carbons (Fsp3) is 0.0870. The van der Waals surface area contributed by atoms with E-state index in [0.29, 0.717) is 0 Å². The Morgan fingerprint density at radius 1 is 0.562 bits per heavy atom. The zero-order chi connectivity index (χ0) is 32.7. The Hall–Kier alpha value is -5.86. The van der Waals surface area contributed by atoms with E-state index in [-0.39, 0.29) is 5.41 Å². The SMILES string of the molecule is C=C1/C=C\C(c2ccc(N(c3ccccc3)c3ccc(-c4cccc5c4oc4ccccc45)cc3)cc2)=C/CC(C)(C)c2ccccc21. The van der Waals surface area contributed by atoms with Crippen molar-refractivity contribution in [2.45, 2.75) is 25.7 Å². The first-order valence-corrected chi connectivity index (χ1v) is 16.6. The van der Waals surface area contributed by atoms with Crippen LogP contribution in [-0.4, -0.2) is 0 Å². The molecule has 2 heteroatoms. The van der Waals surface area contributed by atoms with Crippen molar-refractivity contribution in [2.75, 3.05) is 4.90 Å². The summed E-state index contributed by atoms with van der Waals surface area (Å²) in [6.45, 7) is 9.06. The van der Waals surface area contributed by atoms with E-state index in [2.05, 4.69) is 177 Å². The highest BCUT2D eigenvalue weighted by Crippen LogP contribution is 2.40. The highest BCUT2D eigenvalue weighted by molar-refractivity contribution is 6.09. The number of para-hydroxylation sites is 3. The van der Waals surface area contributed by atoms with Crippen LogP contribution in [0.25, 0.3) is 44.2 Å². The second-order valence-corrected chi connectivity index (χ2v) is 13.2. The molecular formula is C46H37NO. The summed E-state index contributed by atoms with van der Waals surface area (Å²) in [5, 5.41) is 2.28. The van der Waals surface area contributed by atoms with Gasteiger partial charge in [-0.1, -0.05) is 142 Å². The summed E-state index contributed by atoms with van der Waals surface area (Å²) in [6.07, 6.45) is 7.68. The second-order valence-electron chi connectivity index (χ2n) is 13.2. The number of fused-ring (bicyclic) bond motifs is 4. The van der Waals surface area contributed by atoms with Crippen molar-refractivity contribution in [3.8, 4) is 11.1 Å². The standard InChI is InChI=1S/C46H37NO/c1-32-20-21-34(30-31-46(2,3)43-18-9-7-14-39(32)43)33-22-26-37(27-23-33)47(36-12-5-4-6-13-36)38-28-24-35(25-29-38)40-16-11-17-42-41-15-8-10-19-44(41)48-45(40)42/h4-30H,1,31H2,2-3H3/b21-20-,34-30+. The third kappa shape index (κ3) is 5.36. The predicted octanol–water partition coefficient (Wildman–Crippen LogP) is 13.1. The molecule has 0 aliphatic heterocycles. The Morgan fingerprint density at radius 3 is 1.94 bits per heavy atom. The number of benzene rings is 6. The van der Waals surface area contributed by atoms with Crippen molar-refractivity contribution >= 4 is 50.1 Å². The molecule has 1 heterocycles. The van der Waals surface area contributed by atoms with Crippen LogP contribution in [-0.2, 0) is 5.41 Å². The van der Waals surface area contributed by atoms with Gasteiger partial charge in [0.05, 0.1) is 0 Å². The van der Waals surface area contributed by atoms with Gasteiger partial charge in [-0.3, -0.25) is 0 Å². The molecule has 6 aromatic carbocycles. The molecule has 2 nitrogen and oxygen atoms in total. The molecule has 0 spiro atoms. The van der Waals surface area contributed by atoms with Crippen LogP contribution in [0.5, 0.6) is 0 Å². The van der Waals surface area contributed by atoms with Gasteiger partial charge in [0.1, 0.15) is 11.2 Å². The number of allylic oxidation sites excluding steroid dienone is 5. The second kappa shape index (κ2) is 12.1. The monoisotopic (exact) mass is 619 g/mol. The molecule has 232 valence electrons. The van der Waals surface area contributed by atoms with Crippen LogP contribution in [0, 0.1) is 0 Å². The average Bonchev–Trinajstić information content (AvgIpc) is 3.53. The summed E-state index contributed by atoms with van der Waals surface area (Å²) < 4.78 is 6.35. The Morgan fingerprint density at radius 2 is 1.17 bits per heavy atom. The lowest BCUT2D eigenvalue weighted by Gasteiger charge is -2.27. The molecule has 0 atom stereocenters. The van der Waals surface area contributed by atoms with E-state index in [9.17, 15) is 0 Å². The van der Waals surface area contributed by atoms with Gasteiger partial charge in [-0.2, -0.15) is 0 Å². The maximum absolute atomic E-state index is 6.35. The van der Waals surface area contributed by atoms with Crippen LogP contribution >= 0.6 is 0 Å². The number of nitrogens with zero attached hydrogens (tertiary/aromatic N) is 1. The zero-order valence-corrected chi connectivity index (χ0v) is 27.4. The number of hydrogen-bond donors (Lipinski definition) is 0. The topological polar surface area (TPSA) is 16.4 Å². The zero-order valence-electron chi connectivity index (χ0n) is 27.4. The van der Waals surface area contributed by atoms with E-state index in [0.717, 1.165) is 62.1 Å². The largest absolute Gasteiger partial charge is 0.455 e. The molecule has 1 aromatic heterocycles. The fourth-order valence-corrected chi connectivity index (χ4v) is 6.98. The Bertz CT molecular complexity index is 2330. The lowest BCUT2D eigenvalue weighted by Crippen LogP contribution is -2.18. The molecule has 0 amide bonds. The van der Waals surface area contributed by atoms with E-state index in [4.69, 9.17) is 4.42 Å². The smallest absolute Gasteiger partial charge is 0.143 e. The Balaban J connectivity index is 1.14. The third-order valence-corrected chi connectivity index (χ3v) is 9.61. The summed E-state index contributed by atoms with van der Waals surface area (Å²) in [5.74, 6) is 0. The molecule has 0 unspecified atom stereocenters. The van der Waals surface area contributed by atoms with E-state index in [1.54, 1.807) is 0 Å². The number of furan rings is 1. The molecule has 0 fully saturated rings. The summed E-state index contributed by atoms with van der Waals surface area (Å²) >= 11 is 0. The summed E-state index contributed by atoms with van der Waals surface area (Å²) in [5.41, 5.74) is 13.3. The van der Waals surface area contributed by atoms with Gasteiger partial charge in [0.25, 0.3) is 0 Å². The van der Waals surface area contributed by atoms with Gasteiger partial charge in [0.2, 0.25) is 0 Å². The molecule has 1 aliphatic rings. The first-order chi connectivity index (χ1) is 23.5. The van der Waals surface area contributed by atoms with Crippen LogP contribution in [0.1, 0.15) is 37.0 Å². The lowest BCUT2D eigenvalue weighted by atomic mass is 9.78. The van der Waals surface area contributed by atoms with Crippen LogP contribution in [0.15, 0.2) is 175 Å². The molecule has 0 N–H and O–H groups in total. The normalized spacial score (nSPS) is 16.0. The molecule has 0 bridgehead atoms. The summed E-state index contributed by atoms with van der Waals surface area (Å²) in [7, 11) is 0.